The van der Waals surface area contributed by atoms with E-state index in [-0.39, 0.29) is 34.2 Å². The summed E-state index contributed by atoms with van der Waals surface area (Å²) in [6.07, 6.45) is 1.05. The number of nitrogens with zero attached hydrogens (tertiary/aromatic N) is 1. The number of benzene rings is 2. The molecule has 0 saturated heterocycles. The number of anilines is 1. The van der Waals surface area contributed by atoms with Crippen LogP contribution in [0, 0.1) is 14.4 Å². The van der Waals surface area contributed by atoms with Gasteiger partial charge in [-0.05, 0) is 60.6 Å². The molecule has 30 heavy (non-hydrogen) atoms. The van der Waals surface area contributed by atoms with E-state index in [2.05, 4.69) is 116 Å². The Labute approximate surface area is 203 Å². The number of hydrogen-bond donors (Lipinski definition) is 0. The van der Waals surface area contributed by atoms with Crippen LogP contribution in [0.3, 0.4) is 0 Å². The molecule has 170 valence electrons. The molecule has 4 heteroatoms. The van der Waals surface area contributed by atoms with E-state index in [0.29, 0.717) is 0 Å². The molecule has 0 aliphatic rings. The molecule has 1 atom stereocenters. The fourth-order valence-corrected chi connectivity index (χ4v) is 9.05. The molecule has 1 nitrogen and oxygen atoms in total. The standard InChI is InChI=1S/C25H38NPS.CH3.Ni/c1-19-10-12-20(13-11-19)25(28,18-27(23(2,3)4)24(5,6)7)21-14-16-22(17-15-21)26(8)9;;/h10-17,28H,18H2,1-9H3;1H3;/q;-1;+2. The molecule has 0 fully saturated rings. The molecule has 0 bridgehead atoms. The third kappa shape index (κ3) is 7.01. The molecular weight excluding hydrogens is 448 g/mol. The second-order valence-electron chi connectivity index (χ2n) is 10.3. The molecule has 2 rings (SSSR count). The Morgan fingerprint density at radius 2 is 1.13 bits per heavy atom. The number of hydrogen-bond acceptors (Lipinski definition) is 2. The first kappa shape index (κ1) is 29.5. The van der Waals surface area contributed by atoms with Gasteiger partial charge in [0, 0.05) is 33.9 Å². The molecule has 0 amide bonds. The zero-order valence-electron chi connectivity index (χ0n) is 20.5. The molecule has 2 aromatic rings. The summed E-state index contributed by atoms with van der Waals surface area (Å²) in [5.41, 5.74) is 4.98. The minimum atomic E-state index is -0.777. The molecule has 0 aliphatic heterocycles. The summed E-state index contributed by atoms with van der Waals surface area (Å²) in [5, 5.41) is 0.558. The van der Waals surface area contributed by atoms with E-state index in [9.17, 15) is 0 Å². The summed E-state index contributed by atoms with van der Waals surface area (Å²) in [6, 6.07) is 17.8. The van der Waals surface area contributed by atoms with Crippen molar-refractivity contribution in [1.29, 1.82) is 0 Å². The predicted octanol–water partition coefficient (Wildman–Crippen LogP) is 7.11. The summed E-state index contributed by atoms with van der Waals surface area (Å²) in [7, 11) is 3.38. The summed E-state index contributed by atoms with van der Waals surface area (Å²) in [6.45, 7) is 16.5. The van der Waals surface area contributed by atoms with Gasteiger partial charge in [0.25, 0.3) is 0 Å². The van der Waals surface area contributed by atoms with Crippen molar-refractivity contribution in [2.75, 3.05) is 25.2 Å². The Balaban J connectivity index is 0.00000420. The largest absolute Gasteiger partial charge is 2.00 e. The fourth-order valence-electron chi connectivity index (χ4n) is 4.13. The van der Waals surface area contributed by atoms with Gasteiger partial charge in [-0.2, -0.15) is 0 Å². The first-order valence-electron chi connectivity index (χ1n) is 10.2. The van der Waals surface area contributed by atoms with Gasteiger partial charge >= 0.3 is 16.5 Å². The maximum absolute atomic E-state index is 6.51. The molecule has 0 spiro atoms. The monoisotopic (exact) mass is 488 g/mol. The van der Waals surface area contributed by atoms with Crippen molar-refractivity contribution in [3.8, 4) is 0 Å². The topological polar surface area (TPSA) is 3.24 Å². The summed E-state index contributed by atoms with van der Waals surface area (Å²) >= 11 is 6.51. The molecule has 0 saturated carbocycles. The number of aryl methyl sites for hydroxylation is 1. The van der Waals surface area contributed by atoms with Gasteiger partial charge in [0.2, 0.25) is 0 Å². The van der Waals surface area contributed by atoms with Crippen LogP contribution in [0.1, 0.15) is 58.2 Å². The normalized spacial score (nSPS) is 13.8. The minimum Gasteiger partial charge on any atom is -0.773 e. The van der Waals surface area contributed by atoms with Crippen LogP contribution in [-0.2, 0) is 33.9 Å². The Morgan fingerprint density at radius 1 is 0.767 bits per heavy atom. The Bertz CT molecular complexity index is 759. The van der Waals surface area contributed by atoms with Gasteiger partial charge in [0.05, 0.1) is 10.3 Å². The molecule has 0 heterocycles. The minimum absolute atomic E-state index is 0. The first-order valence-corrected chi connectivity index (χ1v) is 12.3. The van der Waals surface area contributed by atoms with Crippen molar-refractivity contribution in [3.05, 3.63) is 72.6 Å². The second kappa shape index (κ2) is 10.9. The van der Waals surface area contributed by atoms with Crippen molar-refractivity contribution in [2.45, 2.75) is 63.5 Å². The number of rotatable bonds is 5. The quantitative estimate of drug-likeness (QED) is 0.191. The Kier molecular flexibility index (Phi) is 10.7. The van der Waals surface area contributed by atoms with Crippen LogP contribution in [-0.4, -0.2) is 30.6 Å². The molecule has 0 radical (unpaired) electrons. The van der Waals surface area contributed by atoms with Crippen molar-refractivity contribution < 1.29 is 16.5 Å². The molecule has 0 aliphatic carbocycles. The van der Waals surface area contributed by atoms with E-state index in [1.54, 1.807) is 0 Å². The van der Waals surface area contributed by atoms with Crippen LogP contribution in [0.5, 0.6) is 0 Å². The zero-order valence-corrected chi connectivity index (χ0v) is 23.3. The van der Waals surface area contributed by atoms with Crippen LogP contribution < -0.4 is 4.90 Å². The van der Waals surface area contributed by atoms with Gasteiger partial charge in [0.15, 0.2) is 0 Å². The summed E-state index contributed by atoms with van der Waals surface area (Å²) in [5.74, 6) is 0. The van der Waals surface area contributed by atoms with E-state index >= 15 is 0 Å². The van der Waals surface area contributed by atoms with Crippen LogP contribution in [0.4, 0.5) is 5.69 Å². The third-order valence-corrected chi connectivity index (χ3v) is 11.0. The maximum atomic E-state index is 6.51. The Hall–Kier alpha value is -0.486. The van der Waals surface area contributed by atoms with Crippen molar-refractivity contribution in [1.82, 2.24) is 0 Å². The van der Waals surface area contributed by atoms with Gasteiger partial charge in [-0.25, -0.2) is 0 Å². The third-order valence-electron chi connectivity index (χ3n) is 5.60. The van der Waals surface area contributed by atoms with E-state index in [1.807, 2.05) is 0 Å². The Morgan fingerprint density at radius 3 is 1.47 bits per heavy atom. The zero-order chi connectivity index (χ0) is 21.3. The van der Waals surface area contributed by atoms with Gasteiger partial charge < -0.3 is 25.0 Å². The van der Waals surface area contributed by atoms with Crippen LogP contribution in [0.15, 0.2) is 48.5 Å². The van der Waals surface area contributed by atoms with E-state index in [0.717, 1.165) is 6.16 Å². The average Bonchev–Trinajstić information content (AvgIpc) is 2.58. The molecule has 1 unspecified atom stereocenters. The molecule has 0 N–H and O–H groups in total. The maximum Gasteiger partial charge on any atom is 2.00 e. The SMILES string of the molecule is Cc1ccc(C([S-])(C[PH+](C(C)(C)C)C(C)(C)C)c2ccc(N(C)C)cc2)cc1.[CH3-].[Ni+2]. The first-order chi connectivity index (χ1) is 12.7. The smallest absolute Gasteiger partial charge is 0.773 e. The predicted molar refractivity (Wildman–Crippen MR) is 139 cm³/mol. The van der Waals surface area contributed by atoms with E-state index < -0.39 is 12.7 Å². The van der Waals surface area contributed by atoms with Crippen molar-refractivity contribution in [3.63, 3.8) is 0 Å². The summed E-state index contributed by atoms with van der Waals surface area (Å²) in [4.78, 5) is 2.14. The molecule has 0 aromatic heterocycles. The second-order valence-corrected chi connectivity index (χ2v) is 15.3. The van der Waals surface area contributed by atoms with Gasteiger partial charge in [-0.15, -0.1) is 0 Å². The van der Waals surface area contributed by atoms with Crippen LogP contribution in [0.2, 0.25) is 0 Å². The fraction of sp³-hybridized carbons (Fsp3) is 0.500. The van der Waals surface area contributed by atoms with Gasteiger partial charge in [-0.3, -0.25) is 0 Å². The van der Waals surface area contributed by atoms with Crippen molar-refractivity contribution >= 4 is 26.2 Å². The van der Waals surface area contributed by atoms with Gasteiger partial charge in [0.1, 0.15) is 0 Å². The van der Waals surface area contributed by atoms with E-state index in [4.69, 9.17) is 12.6 Å². The molecule has 2 aromatic carbocycles. The van der Waals surface area contributed by atoms with Crippen LogP contribution >= 0.6 is 7.92 Å². The molecular formula is C26H41NNiPS+. The van der Waals surface area contributed by atoms with Crippen molar-refractivity contribution in [2.24, 2.45) is 0 Å². The summed E-state index contributed by atoms with van der Waals surface area (Å²) < 4.78 is -0.395. The average molecular weight is 489 g/mol. The van der Waals surface area contributed by atoms with Crippen LogP contribution in [0.25, 0.3) is 0 Å². The van der Waals surface area contributed by atoms with E-state index in [1.165, 1.54) is 22.4 Å². The van der Waals surface area contributed by atoms with Gasteiger partial charge in [-0.1, -0.05) is 57.8 Å².